The molecule has 33 heavy (non-hydrogen) atoms. The Morgan fingerprint density at radius 1 is 1.24 bits per heavy atom. The van der Waals surface area contributed by atoms with Crippen molar-refractivity contribution in [2.45, 2.75) is 89.9 Å². The smallest absolute Gasteiger partial charge is 0.247 e. The summed E-state index contributed by atoms with van der Waals surface area (Å²) >= 11 is 0. The molecule has 1 N–H and O–H groups in total. The van der Waals surface area contributed by atoms with Crippen molar-refractivity contribution in [1.29, 1.82) is 0 Å². The number of furan rings is 1. The van der Waals surface area contributed by atoms with E-state index in [1.54, 1.807) is 11.0 Å². The van der Waals surface area contributed by atoms with Gasteiger partial charge in [-0.25, -0.2) is 0 Å². The molecule has 1 aliphatic heterocycles. The number of carbonyl (C=O) groups excluding carboxylic acids is 2. The molecular weight excluding hydrogens is 424 g/mol. The first-order valence-electron chi connectivity index (χ1n) is 12.1. The predicted molar refractivity (Wildman–Crippen MR) is 120 cm³/mol. The van der Waals surface area contributed by atoms with Crippen molar-refractivity contribution in [3.05, 3.63) is 17.9 Å². The fraction of sp³-hybridized carbons (Fsp3) is 0.696. The largest absolute Gasteiger partial charge is 0.458 e. The number of rotatable bonds is 10. The van der Waals surface area contributed by atoms with Gasteiger partial charge in [0.25, 0.3) is 0 Å². The van der Waals surface area contributed by atoms with Gasteiger partial charge in [-0.1, -0.05) is 26.2 Å². The highest BCUT2D eigenvalue weighted by Gasteiger charge is 2.36. The number of hydrogen-bond acceptors (Lipinski definition) is 7. The zero-order valence-electron chi connectivity index (χ0n) is 19.5. The summed E-state index contributed by atoms with van der Waals surface area (Å²) in [5.41, 5.74) is 0. The normalized spacial score (nSPS) is 19.6. The summed E-state index contributed by atoms with van der Waals surface area (Å²) in [6.45, 7) is 5.05. The van der Waals surface area contributed by atoms with E-state index in [1.165, 1.54) is 4.80 Å². The fourth-order valence-corrected chi connectivity index (χ4v) is 4.79. The molecule has 0 spiro atoms. The lowest BCUT2D eigenvalue weighted by Crippen LogP contribution is -2.55. The van der Waals surface area contributed by atoms with Crippen molar-refractivity contribution < 1.29 is 18.7 Å². The second-order valence-corrected chi connectivity index (χ2v) is 8.98. The van der Waals surface area contributed by atoms with Crippen LogP contribution < -0.4 is 5.32 Å². The van der Waals surface area contributed by atoms with Crippen molar-refractivity contribution in [2.24, 2.45) is 0 Å². The predicted octanol–water partition coefficient (Wildman–Crippen LogP) is 2.48. The van der Waals surface area contributed by atoms with Crippen LogP contribution in [0.5, 0.6) is 0 Å². The number of carbonyl (C=O) groups is 2. The van der Waals surface area contributed by atoms with Crippen molar-refractivity contribution in [3.63, 3.8) is 0 Å². The van der Waals surface area contributed by atoms with Crippen LogP contribution in [0.15, 0.2) is 16.5 Å². The molecule has 2 atom stereocenters. The highest BCUT2D eigenvalue weighted by Crippen LogP contribution is 2.27. The summed E-state index contributed by atoms with van der Waals surface area (Å²) in [7, 11) is 0. The number of aromatic nitrogens is 4. The third kappa shape index (κ3) is 5.79. The van der Waals surface area contributed by atoms with Gasteiger partial charge in [-0.05, 0) is 56.4 Å². The Hall–Kier alpha value is -2.75. The molecule has 10 nitrogen and oxygen atoms in total. The maximum Gasteiger partial charge on any atom is 0.247 e. The quantitative estimate of drug-likeness (QED) is 0.581. The van der Waals surface area contributed by atoms with Crippen molar-refractivity contribution >= 4 is 11.8 Å². The Bertz CT molecular complexity index is 929. The topological polar surface area (TPSA) is 115 Å². The molecule has 1 saturated heterocycles. The minimum absolute atomic E-state index is 0.0539. The van der Waals surface area contributed by atoms with Crippen molar-refractivity contribution in [2.75, 3.05) is 13.2 Å². The highest BCUT2D eigenvalue weighted by molar-refractivity contribution is 5.87. The van der Waals surface area contributed by atoms with Crippen LogP contribution in [0.1, 0.15) is 64.1 Å². The molecule has 4 rings (SSSR count). The number of tetrazole rings is 1. The van der Waals surface area contributed by atoms with E-state index in [1.807, 2.05) is 19.9 Å². The van der Waals surface area contributed by atoms with Crippen LogP contribution in [0.2, 0.25) is 0 Å². The average Bonchev–Trinajstić information content (AvgIpc) is 3.60. The van der Waals surface area contributed by atoms with Crippen LogP contribution in [0.3, 0.4) is 0 Å². The maximum absolute atomic E-state index is 13.5. The Balaban J connectivity index is 1.47. The fourth-order valence-electron chi connectivity index (χ4n) is 4.79. The second kappa shape index (κ2) is 10.9. The summed E-state index contributed by atoms with van der Waals surface area (Å²) in [6, 6.07) is 3.15. The molecule has 0 unspecified atom stereocenters. The molecule has 3 heterocycles. The molecule has 0 aromatic carbocycles. The van der Waals surface area contributed by atoms with E-state index in [-0.39, 0.29) is 30.5 Å². The van der Waals surface area contributed by atoms with Gasteiger partial charge in [0.2, 0.25) is 17.6 Å². The standard InChI is InChI=1S/C23H34N6O4/c1-3-7-19(23(31)24-14-18-10-6-13-32-18)29(17-8-4-5-9-17)21(30)15-28-26-22(25-27-28)20-12-11-16(2)33-20/h11-12,17-19H,3-10,13-15H2,1-2H3,(H,24,31)/t18-,19-/m0/s1. The van der Waals surface area contributed by atoms with E-state index in [4.69, 9.17) is 9.15 Å². The van der Waals surface area contributed by atoms with Gasteiger partial charge in [-0.3, -0.25) is 9.59 Å². The number of ether oxygens (including phenoxy) is 1. The van der Waals surface area contributed by atoms with E-state index < -0.39 is 6.04 Å². The number of aryl methyl sites for hydroxylation is 1. The van der Waals surface area contributed by atoms with E-state index in [9.17, 15) is 9.59 Å². The van der Waals surface area contributed by atoms with Gasteiger partial charge >= 0.3 is 0 Å². The van der Waals surface area contributed by atoms with Gasteiger partial charge in [0.15, 0.2) is 5.76 Å². The lowest BCUT2D eigenvalue weighted by atomic mass is 10.0. The number of nitrogens with zero attached hydrogens (tertiary/aromatic N) is 5. The Morgan fingerprint density at radius 3 is 2.73 bits per heavy atom. The molecule has 1 saturated carbocycles. The molecule has 10 heteroatoms. The molecule has 0 radical (unpaired) electrons. The summed E-state index contributed by atoms with van der Waals surface area (Å²) in [6.07, 6.45) is 7.41. The molecule has 2 aliphatic rings. The van der Waals surface area contributed by atoms with Crippen LogP contribution in [-0.2, 0) is 20.9 Å². The zero-order chi connectivity index (χ0) is 23.2. The monoisotopic (exact) mass is 458 g/mol. The van der Waals surface area contributed by atoms with Crippen molar-refractivity contribution in [3.8, 4) is 11.6 Å². The van der Waals surface area contributed by atoms with Gasteiger partial charge in [-0.15, -0.1) is 10.2 Å². The van der Waals surface area contributed by atoms with E-state index in [0.717, 1.165) is 57.3 Å². The van der Waals surface area contributed by atoms with Gasteiger partial charge in [0, 0.05) is 19.2 Å². The molecule has 1 aliphatic carbocycles. The van der Waals surface area contributed by atoms with E-state index in [0.29, 0.717) is 24.6 Å². The molecule has 2 amide bonds. The van der Waals surface area contributed by atoms with Crippen LogP contribution in [0, 0.1) is 6.92 Å². The Kier molecular flexibility index (Phi) is 7.74. The first-order chi connectivity index (χ1) is 16.0. The second-order valence-electron chi connectivity index (χ2n) is 8.98. The lowest BCUT2D eigenvalue weighted by molar-refractivity contribution is -0.144. The van der Waals surface area contributed by atoms with Crippen LogP contribution in [0.25, 0.3) is 11.6 Å². The third-order valence-corrected chi connectivity index (χ3v) is 6.42. The summed E-state index contributed by atoms with van der Waals surface area (Å²) in [5.74, 6) is 1.33. The number of nitrogens with one attached hydrogen (secondary N) is 1. The average molecular weight is 459 g/mol. The minimum Gasteiger partial charge on any atom is -0.458 e. The zero-order valence-corrected chi connectivity index (χ0v) is 19.5. The Morgan fingerprint density at radius 2 is 2.06 bits per heavy atom. The van der Waals surface area contributed by atoms with Crippen LogP contribution >= 0.6 is 0 Å². The summed E-state index contributed by atoms with van der Waals surface area (Å²) < 4.78 is 11.2. The first-order valence-corrected chi connectivity index (χ1v) is 12.1. The lowest BCUT2D eigenvalue weighted by Gasteiger charge is -2.36. The molecule has 2 aromatic rings. The molecule has 0 bridgehead atoms. The summed E-state index contributed by atoms with van der Waals surface area (Å²) in [4.78, 5) is 29.8. The first kappa shape index (κ1) is 23.4. The van der Waals surface area contributed by atoms with Gasteiger partial charge in [0.05, 0.1) is 6.10 Å². The molecular formula is C23H34N6O4. The van der Waals surface area contributed by atoms with Crippen molar-refractivity contribution in [1.82, 2.24) is 30.4 Å². The minimum atomic E-state index is -0.511. The summed E-state index contributed by atoms with van der Waals surface area (Å²) in [5, 5.41) is 15.4. The number of hydrogen-bond donors (Lipinski definition) is 1. The van der Waals surface area contributed by atoms with E-state index in [2.05, 4.69) is 20.7 Å². The third-order valence-electron chi connectivity index (χ3n) is 6.42. The van der Waals surface area contributed by atoms with Gasteiger partial charge in [-0.2, -0.15) is 4.80 Å². The highest BCUT2D eigenvalue weighted by atomic mass is 16.5. The molecule has 2 fully saturated rings. The number of amides is 2. The SMILES string of the molecule is CCC[C@@H](C(=O)NC[C@@H]1CCCO1)N(C(=O)Cn1nnc(-c2ccc(C)o2)n1)C1CCCC1. The maximum atomic E-state index is 13.5. The molecule has 2 aromatic heterocycles. The Labute approximate surface area is 194 Å². The van der Waals surface area contributed by atoms with Crippen LogP contribution in [0.4, 0.5) is 0 Å². The molecule has 180 valence electrons. The van der Waals surface area contributed by atoms with Gasteiger partial charge < -0.3 is 19.4 Å². The van der Waals surface area contributed by atoms with Crippen LogP contribution in [-0.4, -0.2) is 68.3 Å². The van der Waals surface area contributed by atoms with E-state index >= 15 is 0 Å². The van der Waals surface area contributed by atoms with Gasteiger partial charge in [0.1, 0.15) is 18.3 Å².